The van der Waals surface area contributed by atoms with Gasteiger partial charge in [0.05, 0.1) is 23.5 Å². The van der Waals surface area contributed by atoms with Crippen LogP contribution in [0.4, 0.5) is 11.4 Å². The molecule has 3 N–H and O–H groups in total. The number of fused-ring (bicyclic) bond motifs is 1. The number of amides is 3. The van der Waals surface area contributed by atoms with Gasteiger partial charge < -0.3 is 15.5 Å². The van der Waals surface area contributed by atoms with Crippen molar-refractivity contribution >= 4 is 39.9 Å². The van der Waals surface area contributed by atoms with Crippen LogP contribution in [0.3, 0.4) is 0 Å². The van der Waals surface area contributed by atoms with Crippen LogP contribution in [0.25, 0.3) is 10.8 Å². The number of carbonyl (C=O) groups excluding carboxylic acids is 3. The Hall–Kier alpha value is -4.32. The molecule has 12 nitrogen and oxygen atoms in total. The highest BCUT2D eigenvalue weighted by molar-refractivity contribution is 5.99. The van der Waals surface area contributed by atoms with Gasteiger partial charge in [-0.05, 0) is 55.5 Å². The largest absolute Gasteiger partial charge is 0.370 e. The molecule has 0 aliphatic carbocycles. The summed E-state index contributed by atoms with van der Waals surface area (Å²) < 4.78 is 1.20. The zero-order valence-corrected chi connectivity index (χ0v) is 22.9. The van der Waals surface area contributed by atoms with Gasteiger partial charge in [0, 0.05) is 63.3 Å². The standard InChI is InChI=1S/C29H34N8O4/c30-27(39)24-4-2-22(17-31-24)35-9-7-19(8-10-35)18-34-11-13-36(14-12-34)21-1-3-23-20(15-21)16-32-37(29(23)41)25-5-6-26(38)33-28(25)40/h1-4,15-17,19,25H,5-14,18H2,(H2,30,39)(H,33,38,40). The molecule has 3 fully saturated rings. The first-order valence-corrected chi connectivity index (χ1v) is 14.2. The van der Waals surface area contributed by atoms with Crippen molar-refractivity contribution in [2.24, 2.45) is 11.7 Å². The maximum atomic E-state index is 13.1. The molecule has 3 amide bonds. The number of piperazine rings is 1. The van der Waals surface area contributed by atoms with Crippen molar-refractivity contribution in [2.75, 3.05) is 55.6 Å². The third-order valence-electron chi connectivity index (χ3n) is 8.53. The number of imide groups is 1. The Kier molecular flexibility index (Phi) is 7.39. The van der Waals surface area contributed by atoms with E-state index in [0.717, 1.165) is 75.4 Å². The van der Waals surface area contributed by atoms with E-state index in [9.17, 15) is 19.2 Å². The van der Waals surface area contributed by atoms with E-state index in [4.69, 9.17) is 5.73 Å². The van der Waals surface area contributed by atoms with Crippen LogP contribution in [0.15, 0.2) is 47.5 Å². The van der Waals surface area contributed by atoms with Crippen LogP contribution in [0.1, 0.15) is 42.2 Å². The number of nitrogens with zero attached hydrogens (tertiary/aromatic N) is 6. The van der Waals surface area contributed by atoms with Gasteiger partial charge in [-0.3, -0.25) is 29.4 Å². The molecule has 3 aliphatic rings. The molecule has 3 aromatic rings. The zero-order valence-electron chi connectivity index (χ0n) is 22.9. The fourth-order valence-electron chi connectivity index (χ4n) is 6.13. The van der Waals surface area contributed by atoms with E-state index in [1.54, 1.807) is 18.5 Å². The van der Waals surface area contributed by atoms with Crippen molar-refractivity contribution in [3.63, 3.8) is 0 Å². The van der Waals surface area contributed by atoms with Crippen molar-refractivity contribution in [3.8, 4) is 0 Å². The molecule has 0 bridgehead atoms. The van der Waals surface area contributed by atoms with E-state index >= 15 is 0 Å². The monoisotopic (exact) mass is 558 g/mol. The smallest absolute Gasteiger partial charge is 0.275 e. The lowest BCUT2D eigenvalue weighted by Crippen LogP contribution is -2.49. The lowest BCUT2D eigenvalue weighted by molar-refractivity contribution is -0.136. The minimum atomic E-state index is -0.767. The van der Waals surface area contributed by atoms with Crippen LogP contribution in [0.2, 0.25) is 0 Å². The van der Waals surface area contributed by atoms with Crippen LogP contribution < -0.4 is 26.4 Å². The van der Waals surface area contributed by atoms with Crippen molar-refractivity contribution in [3.05, 3.63) is 58.8 Å². The predicted octanol–water partition coefficient (Wildman–Crippen LogP) is 0.907. The maximum absolute atomic E-state index is 13.1. The van der Waals surface area contributed by atoms with Crippen LogP contribution >= 0.6 is 0 Å². The highest BCUT2D eigenvalue weighted by Gasteiger charge is 2.30. The van der Waals surface area contributed by atoms with Crippen LogP contribution in [0.5, 0.6) is 0 Å². The number of nitrogens with one attached hydrogen (secondary N) is 1. The van der Waals surface area contributed by atoms with Crippen LogP contribution in [-0.2, 0) is 9.59 Å². The zero-order chi connectivity index (χ0) is 28.5. The number of nitrogens with two attached hydrogens (primary N) is 1. The number of hydrogen-bond donors (Lipinski definition) is 2. The molecule has 6 rings (SSSR count). The van der Waals surface area contributed by atoms with Gasteiger partial charge in [-0.25, -0.2) is 9.67 Å². The topological polar surface area (TPSA) is 147 Å². The molecule has 1 atom stereocenters. The Morgan fingerprint density at radius 3 is 2.32 bits per heavy atom. The second-order valence-electron chi connectivity index (χ2n) is 11.1. The first kappa shape index (κ1) is 26.9. The summed E-state index contributed by atoms with van der Waals surface area (Å²) in [5, 5.41) is 7.83. The summed E-state index contributed by atoms with van der Waals surface area (Å²) in [5.74, 6) is -0.666. The molecule has 5 heterocycles. The molecule has 12 heteroatoms. The predicted molar refractivity (Wildman–Crippen MR) is 154 cm³/mol. The Morgan fingerprint density at radius 1 is 0.902 bits per heavy atom. The maximum Gasteiger partial charge on any atom is 0.275 e. The first-order chi connectivity index (χ1) is 19.9. The van der Waals surface area contributed by atoms with Crippen molar-refractivity contribution in [2.45, 2.75) is 31.7 Å². The summed E-state index contributed by atoms with van der Waals surface area (Å²) >= 11 is 0. The SMILES string of the molecule is NC(=O)c1ccc(N2CCC(CN3CCN(c4ccc5c(=O)n(C6CCC(=O)NC6=O)ncc5c4)CC3)CC2)cn1. The van der Waals surface area contributed by atoms with Crippen molar-refractivity contribution in [1.82, 2.24) is 25.0 Å². The van der Waals surface area contributed by atoms with Gasteiger partial charge in [-0.1, -0.05) is 0 Å². The third-order valence-corrected chi connectivity index (χ3v) is 8.53. The minimum absolute atomic E-state index is 0.193. The summed E-state index contributed by atoms with van der Waals surface area (Å²) in [6, 6.07) is 8.62. The lowest BCUT2D eigenvalue weighted by Gasteiger charge is -2.40. The van der Waals surface area contributed by atoms with Gasteiger partial charge in [0.25, 0.3) is 17.4 Å². The number of piperidine rings is 2. The van der Waals surface area contributed by atoms with Crippen LogP contribution in [-0.4, -0.2) is 83.2 Å². The second-order valence-corrected chi connectivity index (χ2v) is 11.1. The Morgan fingerprint density at radius 2 is 1.63 bits per heavy atom. The molecular weight excluding hydrogens is 524 g/mol. The summed E-state index contributed by atoms with van der Waals surface area (Å²) in [5.41, 5.74) is 7.35. The normalized spacial score (nSPS) is 20.8. The Bertz CT molecular complexity index is 1520. The molecule has 3 aliphatic heterocycles. The van der Waals surface area contributed by atoms with E-state index in [1.165, 1.54) is 4.68 Å². The van der Waals surface area contributed by atoms with E-state index < -0.39 is 17.9 Å². The summed E-state index contributed by atoms with van der Waals surface area (Å²) in [4.78, 5) is 59.5. The van der Waals surface area contributed by atoms with Gasteiger partial charge in [0.1, 0.15) is 11.7 Å². The number of hydrogen-bond acceptors (Lipinski definition) is 9. The van der Waals surface area contributed by atoms with Gasteiger partial charge in [0.2, 0.25) is 5.91 Å². The van der Waals surface area contributed by atoms with Gasteiger partial charge in [-0.2, -0.15) is 5.10 Å². The van der Waals surface area contributed by atoms with E-state index in [2.05, 4.69) is 30.1 Å². The Labute approximate surface area is 237 Å². The molecule has 1 unspecified atom stereocenters. The molecule has 3 saturated heterocycles. The molecule has 2 aromatic heterocycles. The fraction of sp³-hybridized carbons (Fsp3) is 0.448. The first-order valence-electron chi connectivity index (χ1n) is 14.2. The number of pyridine rings is 1. The summed E-state index contributed by atoms with van der Waals surface area (Å²) in [6.07, 6.45) is 6.07. The van der Waals surface area contributed by atoms with E-state index in [-0.39, 0.29) is 30.0 Å². The minimum Gasteiger partial charge on any atom is -0.370 e. The summed E-state index contributed by atoms with van der Waals surface area (Å²) in [6.45, 7) is 6.80. The lowest BCUT2D eigenvalue weighted by atomic mass is 9.95. The molecule has 214 valence electrons. The van der Waals surface area contributed by atoms with E-state index in [1.807, 2.05) is 24.3 Å². The number of benzene rings is 1. The fourth-order valence-corrected chi connectivity index (χ4v) is 6.13. The second kappa shape index (κ2) is 11.3. The number of aromatic nitrogens is 3. The van der Waals surface area contributed by atoms with Gasteiger partial charge in [0.15, 0.2) is 0 Å². The van der Waals surface area contributed by atoms with Crippen LogP contribution in [0, 0.1) is 5.92 Å². The summed E-state index contributed by atoms with van der Waals surface area (Å²) in [7, 11) is 0. The number of anilines is 2. The number of rotatable bonds is 6. The molecule has 41 heavy (non-hydrogen) atoms. The number of primary amides is 1. The number of carbonyl (C=O) groups is 3. The van der Waals surface area contributed by atoms with Gasteiger partial charge >= 0.3 is 0 Å². The molecule has 0 radical (unpaired) electrons. The quantitative estimate of drug-likeness (QED) is 0.421. The van der Waals surface area contributed by atoms with Crippen molar-refractivity contribution in [1.29, 1.82) is 0 Å². The van der Waals surface area contributed by atoms with Gasteiger partial charge in [-0.15, -0.1) is 0 Å². The third kappa shape index (κ3) is 5.64. The van der Waals surface area contributed by atoms with Crippen molar-refractivity contribution < 1.29 is 14.4 Å². The average Bonchev–Trinajstić information content (AvgIpc) is 2.98. The average molecular weight is 559 g/mol. The molecular formula is C29H34N8O4. The molecule has 1 aromatic carbocycles. The highest BCUT2D eigenvalue weighted by atomic mass is 16.2. The van der Waals surface area contributed by atoms with E-state index in [0.29, 0.717) is 11.3 Å². The molecule has 0 spiro atoms. The highest BCUT2D eigenvalue weighted by Crippen LogP contribution is 2.26. The molecule has 0 saturated carbocycles. The Balaban J connectivity index is 1.02.